The summed E-state index contributed by atoms with van der Waals surface area (Å²) >= 11 is 1.24. The molecule has 0 bridgehead atoms. The van der Waals surface area contributed by atoms with E-state index in [4.69, 9.17) is 10.8 Å². The van der Waals surface area contributed by atoms with Crippen LogP contribution < -0.4 is 10.6 Å². The normalized spacial score (nSPS) is 12.2. The first kappa shape index (κ1) is 16.5. The molecule has 20 heavy (non-hydrogen) atoms. The van der Waals surface area contributed by atoms with Crippen molar-refractivity contribution >= 4 is 29.3 Å². The van der Waals surface area contributed by atoms with Crippen LogP contribution in [0.15, 0.2) is 30.3 Å². The molecular formula is C14H20N2O3S. The summed E-state index contributed by atoms with van der Waals surface area (Å²) in [6, 6.07) is 8.52. The predicted octanol–water partition coefficient (Wildman–Crippen LogP) is 1.57. The number of carboxylic acids is 1. The molecule has 0 spiro atoms. The maximum atomic E-state index is 12.3. The number of benzene rings is 1. The Kier molecular flexibility index (Phi) is 6.54. The summed E-state index contributed by atoms with van der Waals surface area (Å²) in [7, 11) is 0. The fourth-order valence-electron chi connectivity index (χ4n) is 1.73. The highest BCUT2D eigenvalue weighted by molar-refractivity contribution is 8.00. The Morgan fingerprint density at radius 3 is 2.40 bits per heavy atom. The van der Waals surface area contributed by atoms with Gasteiger partial charge in [0.05, 0.1) is 5.75 Å². The molecule has 0 saturated heterocycles. The third-order valence-corrected chi connectivity index (χ3v) is 3.71. The van der Waals surface area contributed by atoms with Crippen LogP contribution in [0.3, 0.4) is 0 Å². The SMILES string of the molecule is CC(C)N(C(=O)CSC[C@H](N)C(=O)O)c1ccccc1. The third kappa shape index (κ3) is 4.86. The molecule has 1 rings (SSSR count). The molecule has 1 aromatic carbocycles. The third-order valence-electron chi connectivity index (χ3n) is 2.66. The summed E-state index contributed by atoms with van der Waals surface area (Å²) in [6.45, 7) is 3.89. The number of amides is 1. The van der Waals surface area contributed by atoms with E-state index >= 15 is 0 Å². The number of aliphatic carboxylic acids is 1. The fraction of sp³-hybridized carbons (Fsp3) is 0.429. The van der Waals surface area contributed by atoms with Gasteiger partial charge in [-0.15, -0.1) is 11.8 Å². The largest absolute Gasteiger partial charge is 0.480 e. The maximum Gasteiger partial charge on any atom is 0.321 e. The number of nitrogens with zero attached hydrogens (tertiary/aromatic N) is 1. The number of thioether (sulfide) groups is 1. The molecule has 0 radical (unpaired) electrons. The molecule has 0 saturated carbocycles. The summed E-state index contributed by atoms with van der Waals surface area (Å²) in [5, 5.41) is 8.69. The zero-order valence-corrected chi connectivity index (χ0v) is 12.5. The lowest BCUT2D eigenvalue weighted by Gasteiger charge is -2.27. The molecule has 1 atom stereocenters. The van der Waals surface area contributed by atoms with Crippen LogP contribution in [0.1, 0.15) is 13.8 Å². The van der Waals surface area contributed by atoms with Crippen molar-refractivity contribution in [3.05, 3.63) is 30.3 Å². The van der Waals surface area contributed by atoms with Crippen LogP contribution in [0.25, 0.3) is 0 Å². The summed E-state index contributed by atoms with van der Waals surface area (Å²) in [4.78, 5) is 24.6. The topological polar surface area (TPSA) is 83.6 Å². The quantitative estimate of drug-likeness (QED) is 0.798. The number of carbonyl (C=O) groups excluding carboxylic acids is 1. The number of carboxylic acid groups (broad SMARTS) is 1. The van der Waals surface area contributed by atoms with Gasteiger partial charge in [0.1, 0.15) is 6.04 Å². The molecule has 0 aliphatic heterocycles. The minimum Gasteiger partial charge on any atom is -0.480 e. The van der Waals surface area contributed by atoms with E-state index in [-0.39, 0.29) is 23.5 Å². The summed E-state index contributed by atoms with van der Waals surface area (Å²) in [5.41, 5.74) is 6.25. The standard InChI is InChI=1S/C14H20N2O3S/c1-10(2)16(11-6-4-3-5-7-11)13(17)9-20-8-12(15)14(18)19/h3-7,10,12H,8-9,15H2,1-2H3,(H,18,19)/t12-/m0/s1. The molecule has 5 nitrogen and oxygen atoms in total. The van der Waals surface area contributed by atoms with E-state index in [1.165, 1.54) is 11.8 Å². The van der Waals surface area contributed by atoms with Crippen molar-refractivity contribution in [2.75, 3.05) is 16.4 Å². The molecule has 0 unspecified atom stereocenters. The number of rotatable bonds is 7. The second-order valence-electron chi connectivity index (χ2n) is 4.65. The molecule has 110 valence electrons. The van der Waals surface area contributed by atoms with Crippen LogP contribution in [0.4, 0.5) is 5.69 Å². The van der Waals surface area contributed by atoms with Gasteiger partial charge in [0, 0.05) is 17.5 Å². The second-order valence-corrected chi connectivity index (χ2v) is 5.68. The Hall–Kier alpha value is -1.53. The lowest BCUT2D eigenvalue weighted by molar-refractivity contribution is -0.137. The summed E-state index contributed by atoms with van der Waals surface area (Å²) in [6.07, 6.45) is 0. The highest BCUT2D eigenvalue weighted by Crippen LogP contribution is 2.18. The molecule has 0 fully saturated rings. The number of anilines is 1. The van der Waals surface area contributed by atoms with Gasteiger partial charge in [0.2, 0.25) is 5.91 Å². The lowest BCUT2D eigenvalue weighted by atomic mass is 10.2. The molecule has 6 heteroatoms. The van der Waals surface area contributed by atoms with E-state index in [1.807, 2.05) is 44.2 Å². The van der Waals surface area contributed by atoms with E-state index in [1.54, 1.807) is 4.90 Å². The van der Waals surface area contributed by atoms with Gasteiger partial charge in [-0.3, -0.25) is 9.59 Å². The van der Waals surface area contributed by atoms with Gasteiger partial charge in [0.15, 0.2) is 0 Å². The predicted molar refractivity (Wildman–Crippen MR) is 82.0 cm³/mol. The fourth-order valence-corrected chi connectivity index (χ4v) is 2.56. The van der Waals surface area contributed by atoms with Crippen LogP contribution in [-0.2, 0) is 9.59 Å². The summed E-state index contributed by atoms with van der Waals surface area (Å²) in [5.74, 6) is -0.655. The minimum atomic E-state index is -1.05. The van der Waals surface area contributed by atoms with Gasteiger partial charge in [-0.2, -0.15) is 0 Å². The Balaban J connectivity index is 2.61. The van der Waals surface area contributed by atoms with E-state index in [0.29, 0.717) is 0 Å². The van der Waals surface area contributed by atoms with Gasteiger partial charge in [-0.25, -0.2) is 0 Å². The second kappa shape index (κ2) is 7.91. The van der Waals surface area contributed by atoms with Crippen molar-refractivity contribution in [2.24, 2.45) is 5.73 Å². The van der Waals surface area contributed by atoms with Gasteiger partial charge < -0.3 is 15.7 Å². The van der Waals surface area contributed by atoms with Gasteiger partial charge in [-0.05, 0) is 26.0 Å². The molecule has 3 N–H and O–H groups in total. The minimum absolute atomic E-state index is 0.0404. The van der Waals surface area contributed by atoms with Gasteiger partial charge >= 0.3 is 5.97 Å². The van der Waals surface area contributed by atoms with Crippen molar-refractivity contribution in [1.82, 2.24) is 0 Å². The molecule has 1 amide bonds. The van der Waals surface area contributed by atoms with Crippen molar-refractivity contribution in [3.8, 4) is 0 Å². The Morgan fingerprint density at radius 2 is 1.90 bits per heavy atom. The number of hydrogen-bond donors (Lipinski definition) is 2. The van der Waals surface area contributed by atoms with Gasteiger partial charge in [-0.1, -0.05) is 18.2 Å². The van der Waals surface area contributed by atoms with E-state index < -0.39 is 12.0 Å². The Labute approximate surface area is 123 Å². The number of hydrogen-bond acceptors (Lipinski definition) is 4. The average Bonchev–Trinajstić information content (AvgIpc) is 2.39. The maximum absolute atomic E-state index is 12.3. The van der Waals surface area contributed by atoms with Crippen LogP contribution in [-0.4, -0.2) is 40.6 Å². The zero-order chi connectivity index (χ0) is 15.1. The van der Waals surface area contributed by atoms with Crippen molar-refractivity contribution in [2.45, 2.75) is 25.9 Å². The highest BCUT2D eigenvalue weighted by Gasteiger charge is 2.19. The smallest absolute Gasteiger partial charge is 0.321 e. The first-order chi connectivity index (χ1) is 9.43. The van der Waals surface area contributed by atoms with Crippen molar-refractivity contribution < 1.29 is 14.7 Å². The molecule has 1 aromatic rings. The first-order valence-corrected chi connectivity index (χ1v) is 7.52. The highest BCUT2D eigenvalue weighted by atomic mass is 32.2. The number of carbonyl (C=O) groups is 2. The van der Waals surface area contributed by atoms with Gasteiger partial charge in [0.25, 0.3) is 0 Å². The lowest BCUT2D eigenvalue weighted by Crippen LogP contribution is -2.39. The van der Waals surface area contributed by atoms with E-state index in [0.717, 1.165) is 5.69 Å². The van der Waals surface area contributed by atoms with Crippen LogP contribution in [0, 0.1) is 0 Å². The number of para-hydroxylation sites is 1. The molecule has 0 aromatic heterocycles. The Morgan fingerprint density at radius 1 is 1.30 bits per heavy atom. The number of nitrogens with two attached hydrogens (primary N) is 1. The monoisotopic (exact) mass is 296 g/mol. The van der Waals surface area contributed by atoms with Crippen LogP contribution in [0.2, 0.25) is 0 Å². The molecule has 0 aliphatic carbocycles. The molecule has 0 heterocycles. The summed E-state index contributed by atoms with van der Waals surface area (Å²) < 4.78 is 0. The van der Waals surface area contributed by atoms with E-state index in [9.17, 15) is 9.59 Å². The van der Waals surface area contributed by atoms with Crippen LogP contribution >= 0.6 is 11.8 Å². The van der Waals surface area contributed by atoms with Crippen molar-refractivity contribution in [1.29, 1.82) is 0 Å². The molecular weight excluding hydrogens is 276 g/mol. The van der Waals surface area contributed by atoms with Crippen molar-refractivity contribution in [3.63, 3.8) is 0 Å². The molecule has 0 aliphatic rings. The first-order valence-electron chi connectivity index (χ1n) is 6.36. The zero-order valence-electron chi connectivity index (χ0n) is 11.7. The average molecular weight is 296 g/mol. The van der Waals surface area contributed by atoms with Crippen LogP contribution in [0.5, 0.6) is 0 Å². The van der Waals surface area contributed by atoms with E-state index in [2.05, 4.69) is 0 Å². The Bertz CT molecular complexity index is 451.